The highest BCUT2D eigenvalue weighted by Gasteiger charge is 2.21. The molecule has 2 saturated heterocycles. The zero-order valence-electron chi connectivity index (χ0n) is 17.1. The molecule has 0 radical (unpaired) electrons. The zero-order chi connectivity index (χ0) is 19.0. The van der Waals surface area contributed by atoms with E-state index in [4.69, 9.17) is 10.5 Å². The molecule has 2 rings (SSSR count). The molecule has 0 unspecified atom stereocenters. The van der Waals surface area contributed by atoms with Crippen LogP contribution in [0.3, 0.4) is 0 Å². The fourth-order valence-corrected chi connectivity index (χ4v) is 3.58. The van der Waals surface area contributed by atoms with E-state index >= 15 is 0 Å². The lowest BCUT2D eigenvalue weighted by Crippen LogP contribution is -2.52. The SMILES string of the molecule is CC(C)(C)OC(=O)CCN1CCN(CCN2CCN(CCN)CC2)CC1. The van der Waals surface area contributed by atoms with Crippen LogP contribution in [0.2, 0.25) is 0 Å². The molecule has 0 aromatic carbocycles. The third-order valence-corrected chi connectivity index (χ3v) is 5.16. The van der Waals surface area contributed by atoms with Gasteiger partial charge in [0.05, 0.1) is 6.42 Å². The Bertz CT molecular complexity index is 411. The summed E-state index contributed by atoms with van der Waals surface area (Å²) in [6.45, 7) is 19.6. The van der Waals surface area contributed by atoms with Crippen LogP contribution in [0.1, 0.15) is 27.2 Å². The summed E-state index contributed by atoms with van der Waals surface area (Å²) in [6.07, 6.45) is 0.490. The van der Waals surface area contributed by atoms with Crippen LogP contribution in [0.4, 0.5) is 0 Å². The molecule has 26 heavy (non-hydrogen) atoms. The lowest BCUT2D eigenvalue weighted by atomic mass is 10.2. The van der Waals surface area contributed by atoms with E-state index in [0.717, 1.165) is 85.1 Å². The zero-order valence-corrected chi connectivity index (χ0v) is 17.1. The molecular formula is C19H39N5O2. The number of nitrogens with two attached hydrogens (primary N) is 1. The van der Waals surface area contributed by atoms with Gasteiger partial charge in [0.2, 0.25) is 0 Å². The number of carbonyl (C=O) groups excluding carboxylic acids is 1. The van der Waals surface area contributed by atoms with Gasteiger partial charge in [0, 0.05) is 85.1 Å². The van der Waals surface area contributed by atoms with Crippen molar-refractivity contribution in [2.75, 3.05) is 85.1 Å². The summed E-state index contributed by atoms with van der Waals surface area (Å²) in [7, 11) is 0. The number of nitrogens with zero attached hydrogens (tertiary/aromatic N) is 4. The predicted octanol–water partition coefficient (Wildman–Crippen LogP) is -0.0879. The molecule has 0 aromatic rings. The maximum absolute atomic E-state index is 11.8. The highest BCUT2D eigenvalue weighted by atomic mass is 16.6. The Hall–Kier alpha value is -0.730. The minimum absolute atomic E-state index is 0.0892. The van der Waals surface area contributed by atoms with Crippen molar-refractivity contribution in [1.82, 2.24) is 19.6 Å². The quantitative estimate of drug-likeness (QED) is 0.600. The number of hydrogen-bond acceptors (Lipinski definition) is 7. The van der Waals surface area contributed by atoms with E-state index in [9.17, 15) is 4.79 Å². The number of piperazine rings is 2. The molecule has 0 spiro atoms. The molecule has 0 atom stereocenters. The minimum Gasteiger partial charge on any atom is -0.460 e. The van der Waals surface area contributed by atoms with Gasteiger partial charge in [-0.05, 0) is 20.8 Å². The molecule has 0 bridgehead atoms. The van der Waals surface area contributed by atoms with Gasteiger partial charge >= 0.3 is 5.97 Å². The van der Waals surface area contributed by atoms with Crippen LogP contribution in [0.5, 0.6) is 0 Å². The van der Waals surface area contributed by atoms with E-state index < -0.39 is 0 Å². The molecule has 2 heterocycles. The van der Waals surface area contributed by atoms with Gasteiger partial charge in [-0.3, -0.25) is 19.5 Å². The first-order chi connectivity index (χ1) is 12.4. The second-order valence-electron chi connectivity index (χ2n) is 8.49. The van der Waals surface area contributed by atoms with E-state index in [2.05, 4.69) is 19.6 Å². The van der Waals surface area contributed by atoms with Crippen LogP contribution in [-0.2, 0) is 9.53 Å². The van der Waals surface area contributed by atoms with E-state index in [0.29, 0.717) is 6.42 Å². The second kappa shape index (κ2) is 10.6. The lowest BCUT2D eigenvalue weighted by molar-refractivity contribution is -0.155. The fraction of sp³-hybridized carbons (Fsp3) is 0.947. The molecule has 0 saturated carbocycles. The smallest absolute Gasteiger partial charge is 0.307 e. The molecule has 2 aliphatic rings. The largest absolute Gasteiger partial charge is 0.460 e. The van der Waals surface area contributed by atoms with Crippen LogP contribution in [0.15, 0.2) is 0 Å². The highest BCUT2D eigenvalue weighted by molar-refractivity contribution is 5.70. The molecule has 0 aromatic heterocycles. The number of carbonyl (C=O) groups is 1. The van der Waals surface area contributed by atoms with E-state index in [1.165, 1.54) is 0 Å². The summed E-state index contributed by atoms with van der Waals surface area (Å²) < 4.78 is 5.39. The van der Waals surface area contributed by atoms with Crippen LogP contribution >= 0.6 is 0 Å². The molecule has 152 valence electrons. The summed E-state index contributed by atoms with van der Waals surface area (Å²) >= 11 is 0. The Morgan fingerprint density at radius 2 is 1.15 bits per heavy atom. The van der Waals surface area contributed by atoms with Crippen molar-refractivity contribution >= 4 is 5.97 Å². The van der Waals surface area contributed by atoms with Gasteiger partial charge < -0.3 is 15.4 Å². The van der Waals surface area contributed by atoms with E-state index in [1.54, 1.807) is 0 Å². The normalized spacial score (nSPS) is 21.8. The van der Waals surface area contributed by atoms with Gasteiger partial charge in [-0.2, -0.15) is 0 Å². The first-order valence-electron chi connectivity index (χ1n) is 10.2. The highest BCUT2D eigenvalue weighted by Crippen LogP contribution is 2.10. The fourth-order valence-electron chi connectivity index (χ4n) is 3.58. The average molecular weight is 370 g/mol. The number of ether oxygens (including phenoxy) is 1. The van der Waals surface area contributed by atoms with Crippen LogP contribution in [0.25, 0.3) is 0 Å². The standard InChI is InChI=1S/C19H39N5O2/c1-19(2,3)26-18(25)4-6-21-8-12-23(13-9-21)16-17-24-14-10-22(7-5-20)11-15-24/h4-17,20H2,1-3H3. The van der Waals surface area contributed by atoms with Gasteiger partial charge in [-0.1, -0.05) is 0 Å². The van der Waals surface area contributed by atoms with Crippen molar-refractivity contribution in [3.05, 3.63) is 0 Å². The summed E-state index contributed by atoms with van der Waals surface area (Å²) in [5.74, 6) is -0.0892. The van der Waals surface area contributed by atoms with E-state index in [1.807, 2.05) is 20.8 Å². The van der Waals surface area contributed by atoms with Gasteiger partial charge in [0.15, 0.2) is 0 Å². The van der Waals surface area contributed by atoms with Crippen molar-refractivity contribution in [3.8, 4) is 0 Å². The van der Waals surface area contributed by atoms with Gasteiger partial charge in [0.25, 0.3) is 0 Å². The Labute approximate surface area is 159 Å². The monoisotopic (exact) mass is 369 g/mol. The molecule has 2 aliphatic heterocycles. The lowest BCUT2D eigenvalue weighted by Gasteiger charge is -2.38. The van der Waals surface area contributed by atoms with E-state index in [-0.39, 0.29) is 11.6 Å². The molecule has 2 N–H and O–H groups in total. The Kier molecular flexibility index (Phi) is 8.76. The summed E-state index contributed by atoms with van der Waals surface area (Å²) in [5.41, 5.74) is 5.25. The summed E-state index contributed by atoms with van der Waals surface area (Å²) in [4.78, 5) is 21.8. The van der Waals surface area contributed by atoms with Gasteiger partial charge in [-0.15, -0.1) is 0 Å². The van der Waals surface area contributed by atoms with Gasteiger partial charge in [0.1, 0.15) is 5.60 Å². The maximum atomic E-state index is 11.8. The third-order valence-electron chi connectivity index (χ3n) is 5.16. The van der Waals surface area contributed by atoms with Crippen molar-refractivity contribution < 1.29 is 9.53 Å². The van der Waals surface area contributed by atoms with Crippen molar-refractivity contribution in [1.29, 1.82) is 0 Å². The van der Waals surface area contributed by atoms with Crippen molar-refractivity contribution in [2.45, 2.75) is 32.8 Å². The molecule has 7 heteroatoms. The second-order valence-corrected chi connectivity index (χ2v) is 8.49. The predicted molar refractivity (Wildman–Crippen MR) is 105 cm³/mol. The molecular weight excluding hydrogens is 330 g/mol. The average Bonchev–Trinajstić information content (AvgIpc) is 2.59. The maximum Gasteiger partial charge on any atom is 0.307 e. The minimum atomic E-state index is -0.383. The number of rotatable bonds is 8. The van der Waals surface area contributed by atoms with Crippen LogP contribution in [-0.4, -0.2) is 116 Å². The van der Waals surface area contributed by atoms with Crippen LogP contribution in [0, 0.1) is 0 Å². The molecule has 0 amide bonds. The Morgan fingerprint density at radius 1 is 0.769 bits per heavy atom. The third kappa shape index (κ3) is 8.31. The summed E-state index contributed by atoms with van der Waals surface area (Å²) in [6, 6.07) is 0. The van der Waals surface area contributed by atoms with Crippen molar-refractivity contribution in [3.63, 3.8) is 0 Å². The first-order valence-corrected chi connectivity index (χ1v) is 10.2. The Morgan fingerprint density at radius 3 is 1.54 bits per heavy atom. The topological polar surface area (TPSA) is 65.3 Å². The summed E-state index contributed by atoms with van der Waals surface area (Å²) in [5, 5.41) is 0. The molecule has 7 nitrogen and oxygen atoms in total. The van der Waals surface area contributed by atoms with Crippen molar-refractivity contribution in [2.24, 2.45) is 5.73 Å². The van der Waals surface area contributed by atoms with Gasteiger partial charge in [-0.25, -0.2) is 0 Å². The molecule has 0 aliphatic carbocycles. The first kappa shape index (κ1) is 21.6. The number of hydrogen-bond donors (Lipinski definition) is 1. The number of esters is 1. The van der Waals surface area contributed by atoms with Crippen LogP contribution < -0.4 is 5.73 Å². The molecule has 2 fully saturated rings. The Balaban J connectivity index is 1.54.